The van der Waals surface area contributed by atoms with Gasteiger partial charge < -0.3 is 10.4 Å². The van der Waals surface area contributed by atoms with Crippen LogP contribution in [-0.2, 0) is 6.54 Å². The number of aromatic nitrogens is 2. The highest BCUT2D eigenvalue weighted by molar-refractivity contribution is 5.85. The molecule has 0 aliphatic carbocycles. The third-order valence-electron chi connectivity index (χ3n) is 2.20. The molecular formula is C12H11N3O2. The Morgan fingerprint density at radius 1 is 1.24 bits per heavy atom. The van der Waals surface area contributed by atoms with E-state index in [-0.39, 0.29) is 5.69 Å². The first-order valence-corrected chi connectivity index (χ1v) is 5.09. The van der Waals surface area contributed by atoms with E-state index in [0.717, 1.165) is 5.56 Å². The van der Waals surface area contributed by atoms with E-state index >= 15 is 0 Å². The van der Waals surface area contributed by atoms with Crippen LogP contribution in [0.1, 0.15) is 16.1 Å². The van der Waals surface area contributed by atoms with Crippen molar-refractivity contribution in [1.82, 2.24) is 9.97 Å². The van der Waals surface area contributed by atoms with E-state index in [1.54, 1.807) is 0 Å². The Bertz CT molecular complexity index is 514. The van der Waals surface area contributed by atoms with Crippen molar-refractivity contribution in [2.75, 3.05) is 5.32 Å². The molecule has 5 heteroatoms. The third kappa shape index (κ3) is 3.01. The fraction of sp³-hybridized carbons (Fsp3) is 0.0833. The Kier molecular flexibility index (Phi) is 3.30. The lowest BCUT2D eigenvalue weighted by Crippen LogP contribution is -2.05. The lowest BCUT2D eigenvalue weighted by molar-refractivity contribution is 0.0690. The highest BCUT2D eigenvalue weighted by atomic mass is 16.4. The molecule has 0 radical (unpaired) electrons. The van der Waals surface area contributed by atoms with E-state index in [1.165, 1.54) is 12.4 Å². The number of rotatable bonds is 4. The van der Waals surface area contributed by atoms with Crippen molar-refractivity contribution in [1.29, 1.82) is 0 Å². The van der Waals surface area contributed by atoms with Crippen molar-refractivity contribution < 1.29 is 9.90 Å². The van der Waals surface area contributed by atoms with Gasteiger partial charge in [-0.15, -0.1) is 0 Å². The molecule has 2 rings (SSSR count). The van der Waals surface area contributed by atoms with Gasteiger partial charge in [-0.05, 0) is 5.56 Å². The van der Waals surface area contributed by atoms with E-state index in [9.17, 15) is 4.79 Å². The normalized spacial score (nSPS) is 9.88. The number of hydrogen-bond donors (Lipinski definition) is 2. The van der Waals surface area contributed by atoms with Crippen LogP contribution >= 0.6 is 0 Å². The molecule has 0 aliphatic heterocycles. The topological polar surface area (TPSA) is 75.1 Å². The predicted molar refractivity (Wildman–Crippen MR) is 62.8 cm³/mol. The highest BCUT2D eigenvalue weighted by Gasteiger charge is 2.05. The minimum absolute atomic E-state index is 0.0180. The van der Waals surface area contributed by atoms with Crippen molar-refractivity contribution in [2.45, 2.75) is 6.54 Å². The highest BCUT2D eigenvalue weighted by Crippen LogP contribution is 2.06. The summed E-state index contributed by atoms with van der Waals surface area (Å²) in [4.78, 5) is 18.3. The molecule has 0 saturated carbocycles. The molecule has 1 aromatic heterocycles. The predicted octanol–water partition coefficient (Wildman–Crippen LogP) is 1.79. The van der Waals surface area contributed by atoms with Gasteiger partial charge in [0, 0.05) is 12.6 Å². The van der Waals surface area contributed by atoms with Crippen LogP contribution in [0, 0.1) is 0 Å². The summed E-state index contributed by atoms with van der Waals surface area (Å²) < 4.78 is 0. The average molecular weight is 229 g/mol. The molecule has 5 nitrogen and oxygen atoms in total. The largest absolute Gasteiger partial charge is 0.477 e. The molecule has 0 spiro atoms. The van der Waals surface area contributed by atoms with Crippen molar-refractivity contribution in [3.8, 4) is 0 Å². The standard InChI is InChI=1S/C12H11N3O2/c16-12(17)10-6-11(15-8-14-10)13-7-9-4-2-1-3-5-9/h1-6,8H,7H2,(H,16,17)(H,13,14,15). The summed E-state index contributed by atoms with van der Waals surface area (Å²) in [5.41, 5.74) is 1.08. The maximum Gasteiger partial charge on any atom is 0.354 e. The van der Waals surface area contributed by atoms with Gasteiger partial charge in [0.1, 0.15) is 12.1 Å². The first-order valence-electron chi connectivity index (χ1n) is 5.09. The number of nitrogens with zero attached hydrogens (tertiary/aromatic N) is 2. The second-order valence-electron chi connectivity index (χ2n) is 3.43. The van der Waals surface area contributed by atoms with Gasteiger partial charge in [0.2, 0.25) is 0 Å². The van der Waals surface area contributed by atoms with Crippen molar-refractivity contribution in [3.63, 3.8) is 0 Å². The van der Waals surface area contributed by atoms with Crippen molar-refractivity contribution in [2.24, 2.45) is 0 Å². The Labute approximate surface area is 98.2 Å². The van der Waals surface area contributed by atoms with Crippen LogP contribution < -0.4 is 5.32 Å². The maximum absolute atomic E-state index is 10.7. The second kappa shape index (κ2) is 5.07. The fourth-order valence-corrected chi connectivity index (χ4v) is 1.36. The molecule has 1 aromatic carbocycles. The Morgan fingerprint density at radius 3 is 2.71 bits per heavy atom. The summed E-state index contributed by atoms with van der Waals surface area (Å²) in [6.45, 7) is 0.594. The monoisotopic (exact) mass is 229 g/mol. The molecule has 0 aliphatic rings. The molecule has 0 bridgehead atoms. The van der Waals surface area contributed by atoms with E-state index in [4.69, 9.17) is 5.11 Å². The Balaban J connectivity index is 2.04. The van der Waals surface area contributed by atoms with Crippen LogP contribution in [0.2, 0.25) is 0 Å². The minimum atomic E-state index is -1.06. The lowest BCUT2D eigenvalue weighted by Gasteiger charge is -2.05. The van der Waals surface area contributed by atoms with Gasteiger partial charge >= 0.3 is 5.97 Å². The maximum atomic E-state index is 10.7. The molecule has 2 N–H and O–H groups in total. The summed E-state index contributed by atoms with van der Waals surface area (Å²) >= 11 is 0. The van der Waals surface area contributed by atoms with E-state index in [1.807, 2.05) is 30.3 Å². The quantitative estimate of drug-likeness (QED) is 0.835. The van der Waals surface area contributed by atoms with Crippen molar-refractivity contribution in [3.05, 3.63) is 54.0 Å². The lowest BCUT2D eigenvalue weighted by atomic mass is 10.2. The second-order valence-corrected chi connectivity index (χ2v) is 3.43. The molecule has 0 saturated heterocycles. The SMILES string of the molecule is O=C(O)c1cc(NCc2ccccc2)ncn1. The Hall–Kier alpha value is -2.43. The van der Waals surface area contributed by atoms with Gasteiger partial charge in [-0.3, -0.25) is 0 Å². The first-order chi connectivity index (χ1) is 8.25. The molecule has 0 amide bonds. The summed E-state index contributed by atoms with van der Waals surface area (Å²) in [6, 6.07) is 11.2. The van der Waals surface area contributed by atoms with Gasteiger partial charge in [-0.25, -0.2) is 14.8 Å². The van der Waals surface area contributed by atoms with Gasteiger partial charge in [-0.1, -0.05) is 30.3 Å². The van der Waals surface area contributed by atoms with E-state index in [2.05, 4.69) is 15.3 Å². The number of anilines is 1. The third-order valence-corrected chi connectivity index (χ3v) is 2.20. The first kappa shape index (κ1) is 11.1. The molecule has 2 aromatic rings. The summed E-state index contributed by atoms with van der Waals surface area (Å²) in [7, 11) is 0. The van der Waals surface area contributed by atoms with Gasteiger partial charge in [0.05, 0.1) is 0 Å². The van der Waals surface area contributed by atoms with Gasteiger partial charge in [-0.2, -0.15) is 0 Å². The van der Waals surface area contributed by atoms with Crippen molar-refractivity contribution >= 4 is 11.8 Å². The molecule has 0 atom stereocenters. The Morgan fingerprint density at radius 2 is 2.00 bits per heavy atom. The number of aromatic carboxylic acids is 1. The van der Waals surface area contributed by atoms with Gasteiger partial charge in [0.15, 0.2) is 5.69 Å². The summed E-state index contributed by atoms with van der Waals surface area (Å²) in [5, 5.41) is 11.8. The smallest absolute Gasteiger partial charge is 0.354 e. The number of nitrogens with one attached hydrogen (secondary N) is 1. The zero-order chi connectivity index (χ0) is 12.1. The summed E-state index contributed by atoms with van der Waals surface area (Å²) in [6.07, 6.45) is 1.23. The van der Waals surface area contributed by atoms with Crippen LogP contribution in [0.3, 0.4) is 0 Å². The number of hydrogen-bond acceptors (Lipinski definition) is 4. The molecule has 17 heavy (non-hydrogen) atoms. The van der Waals surface area contributed by atoms with Crippen LogP contribution in [0.5, 0.6) is 0 Å². The van der Waals surface area contributed by atoms with Crippen LogP contribution in [0.25, 0.3) is 0 Å². The molecule has 0 fully saturated rings. The zero-order valence-electron chi connectivity index (χ0n) is 9.00. The zero-order valence-corrected chi connectivity index (χ0v) is 9.00. The molecule has 86 valence electrons. The minimum Gasteiger partial charge on any atom is -0.477 e. The molecule has 0 unspecified atom stereocenters. The number of benzene rings is 1. The summed E-state index contributed by atoms with van der Waals surface area (Å²) in [5.74, 6) is -0.559. The number of carboxylic acids is 1. The van der Waals surface area contributed by atoms with Gasteiger partial charge in [0.25, 0.3) is 0 Å². The van der Waals surface area contributed by atoms with Crippen LogP contribution in [0.4, 0.5) is 5.82 Å². The number of carbonyl (C=O) groups is 1. The molecule has 1 heterocycles. The fourth-order valence-electron chi connectivity index (χ4n) is 1.36. The van der Waals surface area contributed by atoms with E-state index in [0.29, 0.717) is 12.4 Å². The van der Waals surface area contributed by atoms with E-state index < -0.39 is 5.97 Å². The van der Waals surface area contributed by atoms with Crippen LogP contribution in [0.15, 0.2) is 42.7 Å². The average Bonchev–Trinajstić information content (AvgIpc) is 2.38. The van der Waals surface area contributed by atoms with Crippen LogP contribution in [-0.4, -0.2) is 21.0 Å². The molecular weight excluding hydrogens is 218 g/mol. The number of carboxylic acid groups (broad SMARTS) is 1.